The highest BCUT2D eigenvalue weighted by Gasteiger charge is 2.48. The van der Waals surface area contributed by atoms with Gasteiger partial charge < -0.3 is 10.3 Å². The monoisotopic (exact) mass is 272 g/mol. The fourth-order valence-electron chi connectivity index (χ4n) is 5.53. The molecule has 1 aromatic heterocycles. The molecule has 0 atom stereocenters. The van der Waals surface area contributed by atoms with Crippen molar-refractivity contribution in [2.24, 2.45) is 29.4 Å². The van der Waals surface area contributed by atoms with E-state index in [1.54, 1.807) is 10.6 Å². The van der Waals surface area contributed by atoms with Crippen LogP contribution >= 0.6 is 0 Å². The van der Waals surface area contributed by atoms with Gasteiger partial charge in [0, 0.05) is 25.4 Å². The van der Waals surface area contributed by atoms with Gasteiger partial charge in [0.25, 0.3) is 5.56 Å². The van der Waals surface area contributed by atoms with Crippen LogP contribution in [-0.2, 0) is 6.54 Å². The standard InChI is InChI=1S/C17H24N2O/c18-3-4-19-10-13(1-2-16(19)20)17-14-6-11-5-12(8-14)9-15(17)7-11/h1-2,10-12,14-15,17H,3-9,18H2. The fourth-order valence-corrected chi connectivity index (χ4v) is 5.53. The van der Waals surface area contributed by atoms with Crippen molar-refractivity contribution in [3.05, 3.63) is 34.2 Å². The van der Waals surface area contributed by atoms with Gasteiger partial charge in [-0.2, -0.15) is 0 Å². The molecular weight excluding hydrogens is 248 g/mol. The molecular formula is C17H24N2O. The number of aromatic nitrogens is 1. The third kappa shape index (κ3) is 1.95. The molecule has 0 amide bonds. The molecule has 3 nitrogen and oxygen atoms in total. The van der Waals surface area contributed by atoms with Gasteiger partial charge in [-0.1, -0.05) is 6.07 Å². The molecule has 2 N–H and O–H groups in total. The lowest BCUT2D eigenvalue weighted by atomic mass is 9.51. The van der Waals surface area contributed by atoms with E-state index in [2.05, 4.69) is 12.3 Å². The SMILES string of the molecule is NCCn1cc(C2C3CC4CC(C3)CC2C4)ccc1=O. The van der Waals surface area contributed by atoms with Gasteiger partial charge in [-0.3, -0.25) is 4.79 Å². The quantitative estimate of drug-likeness (QED) is 0.918. The van der Waals surface area contributed by atoms with Gasteiger partial charge in [0.05, 0.1) is 0 Å². The zero-order chi connectivity index (χ0) is 13.7. The average Bonchev–Trinajstić information content (AvgIpc) is 2.41. The third-order valence-corrected chi connectivity index (χ3v) is 5.99. The first-order valence-electron chi connectivity index (χ1n) is 8.15. The molecule has 0 aromatic carbocycles. The van der Waals surface area contributed by atoms with Crippen molar-refractivity contribution in [2.45, 2.75) is 44.6 Å². The summed E-state index contributed by atoms with van der Waals surface area (Å²) < 4.78 is 1.81. The Kier molecular flexibility index (Phi) is 2.99. The zero-order valence-corrected chi connectivity index (χ0v) is 12.0. The topological polar surface area (TPSA) is 48.0 Å². The van der Waals surface area contributed by atoms with Crippen LogP contribution in [0.3, 0.4) is 0 Å². The van der Waals surface area contributed by atoms with Crippen LogP contribution in [0.1, 0.15) is 43.6 Å². The lowest BCUT2D eigenvalue weighted by Crippen LogP contribution is -2.44. The second-order valence-electron chi connectivity index (χ2n) is 7.24. The summed E-state index contributed by atoms with van der Waals surface area (Å²) in [6.07, 6.45) is 9.29. The first-order chi connectivity index (χ1) is 9.74. The first kappa shape index (κ1) is 12.6. The molecule has 4 saturated carbocycles. The number of hydrogen-bond donors (Lipinski definition) is 1. The van der Waals surface area contributed by atoms with E-state index < -0.39 is 0 Å². The zero-order valence-electron chi connectivity index (χ0n) is 12.0. The van der Waals surface area contributed by atoms with E-state index in [9.17, 15) is 4.79 Å². The van der Waals surface area contributed by atoms with Crippen molar-refractivity contribution in [3.63, 3.8) is 0 Å². The number of pyridine rings is 1. The Hall–Kier alpha value is -1.09. The van der Waals surface area contributed by atoms with Crippen LogP contribution in [0.4, 0.5) is 0 Å². The maximum Gasteiger partial charge on any atom is 0.250 e. The average molecular weight is 272 g/mol. The van der Waals surface area contributed by atoms with Crippen LogP contribution in [0.25, 0.3) is 0 Å². The van der Waals surface area contributed by atoms with Crippen LogP contribution in [0, 0.1) is 23.7 Å². The summed E-state index contributed by atoms with van der Waals surface area (Å²) in [5.74, 6) is 4.45. The number of nitrogens with zero attached hydrogens (tertiary/aromatic N) is 1. The highest BCUT2D eigenvalue weighted by atomic mass is 16.1. The highest BCUT2D eigenvalue weighted by Crippen LogP contribution is 2.59. The molecule has 0 spiro atoms. The molecule has 3 heteroatoms. The Balaban J connectivity index is 1.67. The van der Waals surface area contributed by atoms with Gasteiger partial charge in [-0.25, -0.2) is 0 Å². The van der Waals surface area contributed by atoms with Crippen molar-refractivity contribution in [3.8, 4) is 0 Å². The molecule has 4 aliphatic rings. The lowest BCUT2D eigenvalue weighted by molar-refractivity contribution is -0.00299. The molecule has 108 valence electrons. The Labute approximate surface area is 120 Å². The summed E-state index contributed by atoms with van der Waals surface area (Å²) in [5.41, 5.74) is 7.10. The van der Waals surface area contributed by atoms with Crippen LogP contribution in [0.5, 0.6) is 0 Å². The molecule has 1 aromatic rings. The van der Waals surface area contributed by atoms with Gasteiger partial charge >= 0.3 is 0 Å². The van der Waals surface area contributed by atoms with E-state index in [1.807, 2.05) is 0 Å². The number of nitrogens with two attached hydrogens (primary N) is 1. The normalized spacial score (nSPS) is 38.4. The van der Waals surface area contributed by atoms with Crippen molar-refractivity contribution >= 4 is 0 Å². The number of hydrogen-bond acceptors (Lipinski definition) is 2. The van der Waals surface area contributed by atoms with Gasteiger partial charge in [0.15, 0.2) is 0 Å². The van der Waals surface area contributed by atoms with Gasteiger partial charge in [-0.15, -0.1) is 0 Å². The molecule has 0 radical (unpaired) electrons. The molecule has 0 aliphatic heterocycles. The summed E-state index contributed by atoms with van der Waals surface area (Å²) >= 11 is 0. The van der Waals surface area contributed by atoms with Crippen LogP contribution in [-0.4, -0.2) is 11.1 Å². The summed E-state index contributed by atoms with van der Waals surface area (Å²) in [6.45, 7) is 1.17. The van der Waals surface area contributed by atoms with Gasteiger partial charge in [-0.05, 0) is 67.3 Å². The van der Waals surface area contributed by atoms with Crippen molar-refractivity contribution in [1.82, 2.24) is 4.57 Å². The van der Waals surface area contributed by atoms with Crippen LogP contribution < -0.4 is 11.3 Å². The van der Waals surface area contributed by atoms with E-state index in [1.165, 1.54) is 37.7 Å². The highest BCUT2D eigenvalue weighted by molar-refractivity contribution is 5.21. The Morgan fingerprint density at radius 1 is 1.05 bits per heavy atom. The Morgan fingerprint density at radius 3 is 2.30 bits per heavy atom. The van der Waals surface area contributed by atoms with Gasteiger partial charge in [0.2, 0.25) is 0 Å². The molecule has 0 unspecified atom stereocenters. The molecule has 5 rings (SSSR count). The molecule has 1 heterocycles. The minimum atomic E-state index is 0.0861. The largest absolute Gasteiger partial charge is 0.329 e. The van der Waals surface area contributed by atoms with Crippen molar-refractivity contribution in [2.75, 3.05) is 6.54 Å². The van der Waals surface area contributed by atoms with Crippen molar-refractivity contribution < 1.29 is 0 Å². The van der Waals surface area contributed by atoms with E-state index in [0.29, 0.717) is 19.0 Å². The van der Waals surface area contributed by atoms with Crippen LogP contribution in [0.2, 0.25) is 0 Å². The second-order valence-corrected chi connectivity index (χ2v) is 7.24. The van der Waals surface area contributed by atoms with Crippen LogP contribution in [0.15, 0.2) is 23.1 Å². The molecule has 4 fully saturated rings. The first-order valence-corrected chi connectivity index (χ1v) is 8.15. The Bertz CT molecular complexity index is 534. The maximum absolute atomic E-state index is 11.9. The van der Waals surface area contributed by atoms with Crippen molar-refractivity contribution in [1.29, 1.82) is 0 Å². The third-order valence-electron chi connectivity index (χ3n) is 5.99. The maximum atomic E-state index is 11.9. The minimum Gasteiger partial charge on any atom is -0.329 e. The van der Waals surface area contributed by atoms with E-state index in [0.717, 1.165) is 23.7 Å². The van der Waals surface area contributed by atoms with E-state index in [4.69, 9.17) is 5.73 Å². The second kappa shape index (κ2) is 4.73. The summed E-state index contributed by atoms with van der Waals surface area (Å²) in [7, 11) is 0. The Morgan fingerprint density at radius 2 is 1.70 bits per heavy atom. The predicted molar refractivity (Wildman–Crippen MR) is 79.5 cm³/mol. The molecule has 4 bridgehead atoms. The fraction of sp³-hybridized carbons (Fsp3) is 0.706. The lowest BCUT2D eigenvalue weighted by Gasteiger charge is -2.54. The van der Waals surface area contributed by atoms with E-state index >= 15 is 0 Å². The van der Waals surface area contributed by atoms with Gasteiger partial charge in [0.1, 0.15) is 0 Å². The molecule has 4 aliphatic carbocycles. The predicted octanol–water partition coefficient (Wildman–Crippen LogP) is 2.35. The summed E-state index contributed by atoms with van der Waals surface area (Å²) in [5, 5.41) is 0. The summed E-state index contributed by atoms with van der Waals surface area (Å²) in [6, 6.07) is 3.83. The number of rotatable bonds is 3. The minimum absolute atomic E-state index is 0.0861. The van der Waals surface area contributed by atoms with E-state index in [-0.39, 0.29) is 5.56 Å². The summed E-state index contributed by atoms with van der Waals surface area (Å²) in [4.78, 5) is 11.9. The molecule has 0 saturated heterocycles. The smallest absolute Gasteiger partial charge is 0.250 e. The molecule has 20 heavy (non-hydrogen) atoms.